The zero-order valence-corrected chi connectivity index (χ0v) is 13.3. The molecule has 1 aliphatic carbocycles. The van der Waals surface area contributed by atoms with Crippen molar-refractivity contribution >= 4 is 0 Å². The summed E-state index contributed by atoms with van der Waals surface area (Å²) in [4.78, 5) is 0. The van der Waals surface area contributed by atoms with Crippen molar-refractivity contribution in [2.24, 2.45) is 0 Å². The van der Waals surface area contributed by atoms with Gasteiger partial charge in [0.05, 0.1) is 12.5 Å². The van der Waals surface area contributed by atoms with Crippen molar-refractivity contribution in [3.8, 4) is 0 Å². The maximum absolute atomic E-state index is 10.5. The van der Waals surface area contributed by atoms with Crippen LogP contribution in [-0.2, 0) is 10.8 Å². The summed E-state index contributed by atoms with van der Waals surface area (Å²) in [5.41, 5.74) is 4.92. The monoisotopic (exact) mass is 284 g/mol. The molecule has 1 atom stereocenters. The molecule has 0 spiro atoms. The van der Waals surface area contributed by atoms with Crippen LogP contribution in [-0.4, -0.2) is 5.11 Å². The number of benzene rings is 1. The molecule has 1 aromatic heterocycles. The van der Waals surface area contributed by atoms with Gasteiger partial charge in [0, 0.05) is 5.56 Å². The minimum atomic E-state index is -0.616. The number of aliphatic hydroxyl groups is 1. The lowest BCUT2D eigenvalue weighted by Gasteiger charge is -2.42. The van der Waals surface area contributed by atoms with Crippen LogP contribution in [0.15, 0.2) is 41.2 Å². The summed E-state index contributed by atoms with van der Waals surface area (Å²) in [6, 6.07) is 8.27. The second-order valence-corrected chi connectivity index (χ2v) is 7.53. The third kappa shape index (κ3) is 2.42. The van der Waals surface area contributed by atoms with E-state index in [1.807, 2.05) is 6.07 Å². The van der Waals surface area contributed by atoms with Crippen LogP contribution < -0.4 is 0 Å². The average Bonchev–Trinajstić information content (AvgIpc) is 2.97. The number of fused-ring (bicyclic) bond motifs is 1. The fourth-order valence-corrected chi connectivity index (χ4v) is 3.40. The first-order valence-electron chi connectivity index (χ1n) is 7.66. The van der Waals surface area contributed by atoms with E-state index in [9.17, 15) is 5.11 Å². The fourth-order valence-electron chi connectivity index (χ4n) is 3.40. The minimum absolute atomic E-state index is 0.164. The third-order valence-electron chi connectivity index (χ3n) is 5.05. The molecule has 2 heteroatoms. The lowest BCUT2D eigenvalue weighted by atomic mass is 9.63. The highest BCUT2D eigenvalue weighted by Crippen LogP contribution is 2.46. The highest BCUT2D eigenvalue weighted by Gasteiger charge is 2.37. The summed E-state index contributed by atoms with van der Waals surface area (Å²) >= 11 is 0. The number of hydrogen-bond donors (Lipinski definition) is 1. The second kappa shape index (κ2) is 4.74. The lowest BCUT2D eigenvalue weighted by molar-refractivity contribution is 0.218. The minimum Gasteiger partial charge on any atom is -0.472 e. The van der Waals surface area contributed by atoms with E-state index in [0.717, 1.165) is 11.1 Å². The van der Waals surface area contributed by atoms with Crippen LogP contribution in [0.1, 0.15) is 68.9 Å². The molecule has 1 heterocycles. The molecule has 1 unspecified atom stereocenters. The topological polar surface area (TPSA) is 33.4 Å². The first-order valence-corrected chi connectivity index (χ1v) is 7.66. The SMILES string of the molecule is CC1(C)CCC(C)(C)c2cc(C(O)c3ccoc3)ccc21. The highest BCUT2D eigenvalue weighted by molar-refractivity contribution is 5.45. The molecule has 21 heavy (non-hydrogen) atoms. The largest absolute Gasteiger partial charge is 0.472 e. The number of rotatable bonds is 2. The summed E-state index contributed by atoms with van der Waals surface area (Å²) in [6.45, 7) is 9.23. The van der Waals surface area contributed by atoms with Gasteiger partial charge in [0.15, 0.2) is 0 Å². The Morgan fingerprint density at radius 1 is 0.952 bits per heavy atom. The molecule has 0 saturated heterocycles. The molecule has 0 fully saturated rings. The van der Waals surface area contributed by atoms with Gasteiger partial charge < -0.3 is 9.52 Å². The number of hydrogen-bond acceptors (Lipinski definition) is 2. The molecule has 0 amide bonds. The average molecular weight is 284 g/mol. The quantitative estimate of drug-likeness (QED) is 0.866. The van der Waals surface area contributed by atoms with E-state index < -0.39 is 6.10 Å². The number of aliphatic hydroxyl groups excluding tert-OH is 1. The smallest absolute Gasteiger partial charge is 0.107 e. The fraction of sp³-hybridized carbons (Fsp3) is 0.474. The van der Waals surface area contributed by atoms with Gasteiger partial charge in [-0.2, -0.15) is 0 Å². The van der Waals surface area contributed by atoms with Gasteiger partial charge >= 0.3 is 0 Å². The predicted molar refractivity (Wildman–Crippen MR) is 84.5 cm³/mol. The Hall–Kier alpha value is -1.54. The van der Waals surface area contributed by atoms with Gasteiger partial charge in [0.25, 0.3) is 0 Å². The molecule has 0 bridgehead atoms. The zero-order chi connectivity index (χ0) is 15.3. The van der Waals surface area contributed by atoms with E-state index in [0.29, 0.717) is 0 Å². The molecule has 2 aromatic rings. The van der Waals surface area contributed by atoms with E-state index in [-0.39, 0.29) is 10.8 Å². The van der Waals surface area contributed by atoms with E-state index >= 15 is 0 Å². The maximum Gasteiger partial charge on any atom is 0.107 e. The molecule has 1 aliphatic rings. The summed E-state index contributed by atoms with van der Waals surface area (Å²) in [5, 5.41) is 10.5. The predicted octanol–water partition coefficient (Wildman–Crippen LogP) is 4.71. The molecular formula is C19H24O2. The van der Waals surface area contributed by atoms with Crippen LogP contribution in [0.3, 0.4) is 0 Å². The summed E-state index contributed by atoms with van der Waals surface area (Å²) in [5.74, 6) is 0. The Labute approximate surface area is 126 Å². The van der Waals surface area contributed by atoms with Crippen molar-refractivity contribution in [2.45, 2.75) is 57.5 Å². The van der Waals surface area contributed by atoms with Crippen molar-refractivity contribution < 1.29 is 9.52 Å². The van der Waals surface area contributed by atoms with Gasteiger partial charge in [-0.15, -0.1) is 0 Å². The molecular weight excluding hydrogens is 260 g/mol. The van der Waals surface area contributed by atoms with Crippen LogP contribution >= 0.6 is 0 Å². The van der Waals surface area contributed by atoms with Crippen LogP contribution in [0.4, 0.5) is 0 Å². The molecule has 1 aromatic carbocycles. The Bertz CT molecular complexity index is 636. The third-order valence-corrected chi connectivity index (χ3v) is 5.05. The first-order chi connectivity index (χ1) is 9.81. The van der Waals surface area contributed by atoms with Crippen LogP contribution in [0.5, 0.6) is 0 Å². The molecule has 2 nitrogen and oxygen atoms in total. The normalized spacial score (nSPS) is 20.8. The molecule has 1 N–H and O–H groups in total. The van der Waals surface area contributed by atoms with Crippen LogP contribution in [0.2, 0.25) is 0 Å². The van der Waals surface area contributed by atoms with Crippen molar-refractivity contribution in [3.63, 3.8) is 0 Å². The van der Waals surface area contributed by atoms with Crippen molar-refractivity contribution in [2.75, 3.05) is 0 Å². The second-order valence-electron chi connectivity index (χ2n) is 7.53. The van der Waals surface area contributed by atoms with Gasteiger partial charge in [-0.25, -0.2) is 0 Å². The molecule has 0 radical (unpaired) electrons. The van der Waals surface area contributed by atoms with E-state index in [2.05, 4.69) is 45.9 Å². The Kier molecular flexibility index (Phi) is 3.25. The van der Waals surface area contributed by atoms with Gasteiger partial charge in [-0.05, 0) is 46.4 Å². The maximum atomic E-state index is 10.5. The van der Waals surface area contributed by atoms with E-state index in [1.165, 1.54) is 24.0 Å². The van der Waals surface area contributed by atoms with Crippen molar-refractivity contribution in [3.05, 3.63) is 59.0 Å². The highest BCUT2D eigenvalue weighted by atomic mass is 16.3. The van der Waals surface area contributed by atoms with Gasteiger partial charge in [0.1, 0.15) is 6.10 Å². The summed E-state index contributed by atoms with van der Waals surface area (Å²) < 4.78 is 5.08. The molecule has 0 aliphatic heterocycles. The van der Waals surface area contributed by atoms with Crippen molar-refractivity contribution in [1.29, 1.82) is 0 Å². The summed E-state index contributed by atoms with van der Waals surface area (Å²) in [6.07, 6.45) is 4.98. The Morgan fingerprint density at radius 2 is 1.62 bits per heavy atom. The lowest BCUT2D eigenvalue weighted by Crippen LogP contribution is -2.34. The first kappa shape index (κ1) is 14.4. The van der Waals surface area contributed by atoms with Gasteiger partial charge in [-0.1, -0.05) is 45.9 Å². The van der Waals surface area contributed by atoms with E-state index in [4.69, 9.17) is 4.42 Å². The van der Waals surface area contributed by atoms with E-state index in [1.54, 1.807) is 12.5 Å². The Balaban J connectivity index is 2.08. The molecule has 3 rings (SSSR count). The summed E-state index contributed by atoms with van der Waals surface area (Å²) in [7, 11) is 0. The molecule has 112 valence electrons. The molecule has 0 saturated carbocycles. The van der Waals surface area contributed by atoms with Crippen LogP contribution in [0.25, 0.3) is 0 Å². The number of furan rings is 1. The zero-order valence-electron chi connectivity index (χ0n) is 13.3. The Morgan fingerprint density at radius 3 is 2.24 bits per heavy atom. The van der Waals surface area contributed by atoms with Crippen molar-refractivity contribution in [1.82, 2.24) is 0 Å². The standard InChI is InChI=1S/C19H24O2/c1-18(2)8-9-19(3,4)16-11-13(5-6-15(16)18)17(20)14-7-10-21-12-14/h5-7,10-12,17,20H,8-9H2,1-4H3. The van der Waals surface area contributed by atoms with Crippen LogP contribution in [0, 0.1) is 0 Å². The van der Waals surface area contributed by atoms with Gasteiger partial charge in [0.2, 0.25) is 0 Å². The van der Waals surface area contributed by atoms with Gasteiger partial charge in [-0.3, -0.25) is 0 Å².